The van der Waals surface area contributed by atoms with E-state index in [2.05, 4.69) is 28.2 Å². The van der Waals surface area contributed by atoms with Crippen molar-refractivity contribution in [3.63, 3.8) is 0 Å². The summed E-state index contributed by atoms with van der Waals surface area (Å²) in [5, 5.41) is 3.31. The molecular weight excluding hydrogens is 271 g/mol. The van der Waals surface area contributed by atoms with Crippen molar-refractivity contribution in [3.8, 4) is 0 Å². The van der Waals surface area contributed by atoms with Gasteiger partial charge in [0.05, 0.1) is 4.47 Å². The number of unbranched alkanes of at least 4 members (excludes halogenated alkanes) is 1. The summed E-state index contributed by atoms with van der Waals surface area (Å²) in [6, 6.07) is 5.18. The summed E-state index contributed by atoms with van der Waals surface area (Å²) >= 11 is 3.16. The number of nitrogens with two attached hydrogens (primary N) is 1. The fourth-order valence-electron chi connectivity index (χ4n) is 1.52. The van der Waals surface area contributed by atoms with Gasteiger partial charge in [-0.1, -0.05) is 19.8 Å². The summed E-state index contributed by atoms with van der Waals surface area (Å²) in [7, 11) is 0. The molecule has 1 atom stereocenters. The van der Waals surface area contributed by atoms with Gasteiger partial charge in [0.1, 0.15) is 5.82 Å². The topological polar surface area (TPSA) is 38.0 Å². The second-order valence-corrected chi connectivity index (χ2v) is 4.70. The van der Waals surface area contributed by atoms with Crippen LogP contribution in [-0.2, 0) is 0 Å². The highest BCUT2D eigenvalue weighted by Crippen LogP contribution is 2.21. The molecule has 0 aliphatic heterocycles. The van der Waals surface area contributed by atoms with Crippen LogP contribution < -0.4 is 11.1 Å². The maximum Gasteiger partial charge on any atom is 0.137 e. The second-order valence-electron chi connectivity index (χ2n) is 3.85. The van der Waals surface area contributed by atoms with Crippen LogP contribution in [0.1, 0.15) is 26.2 Å². The first-order valence-corrected chi connectivity index (χ1v) is 6.38. The predicted octanol–water partition coefficient (Wildman–Crippen LogP) is 3.52. The van der Waals surface area contributed by atoms with Crippen molar-refractivity contribution < 1.29 is 4.39 Å². The molecule has 1 aromatic rings. The first kappa shape index (κ1) is 13.5. The Morgan fingerprint density at radius 2 is 2.25 bits per heavy atom. The van der Waals surface area contributed by atoms with Crippen LogP contribution >= 0.6 is 15.9 Å². The molecule has 1 aromatic carbocycles. The van der Waals surface area contributed by atoms with E-state index < -0.39 is 0 Å². The lowest BCUT2D eigenvalue weighted by Crippen LogP contribution is -2.28. The predicted molar refractivity (Wildman–Crippen MR) is 70.1 cm³/mol. The zero-order valence-corrected chi connectivity index (χ0v) is 11.1. The Hall–Kier alpha value is -0.610. The molecule has 1 unspecified atom stereocenters. The molecule has 16 heavy (non-hydrogen) atoms. The number of nitrogens with one attached hydrogen (secondary N) is 1. The number of hydrogen-bond donors (Lipinski definition) is 2. The van der Waals surface area contributed by atoms with E-state index in [4.69, 9.17) is 5.73 Å². The van der Waals surface area contributed by atoms with Crippen molar-refractivity contribution in [3.05, 3.63) is 28.5 Å². The van der Waals surface area contributed by atoms with Crippen LogP contribution in [0, 0.1) is 5.82 Å². The van der Waals surface area contributed by atoms with Crippen LogP contribution in [-0.4, -0.2) is 12.6 Å². The van der Waals surface area contributed by atoms with Gasteiger partial charge >= 0.3 is 0 Å². The van der Waals surface area contributed by atoms with Gasteiger partial charge < -0.3 is 11.1 Å². The molecule has 0 amide bonds. The van der Waals surface area contributed by atoms with E-state index in [1.54, 1.807) is 12.1 Å². The average molecular weight is 289 g/mol. The second kappa shape index (κ2) is 6.86. The Morgan fingerprint density at radius 1 is 1.50 bits per heavy atom. The fraction of sp³-hybridized carbons (Fsp3) is 0.500. The van der Waals surface area contributed by atoms with Crippen molar-refractivity contribution in [2.24, 2.45) is 5.73 Å². The monoisotopic (exact) mass is 288 g/mol. The molecule has 0 spiro atoms. The van der Waals surface area contributed by atoms with Gasteiger partial charge in [-0.3, -0.25) is 0 Å². The van der Waals surface area contributed by atoms with Crippen molar-refractivity contribution in [2.45, 2.75) is 32.2 Å². The van der Waals surface area contributed by atoms with Crippen LogP contribution in [0.3, 0.4) is 0 Å². The number of halogens is 2. The van der Waals surface area contributed by atoms with Crippen LogP contribution in [0.4, 0.5) is 10.1 Å². The molecule has 1 rings (SSSR count). The van der Waals surface area contributed by atoms with Crippen molar-refractivity contribution >= 4 is 21.6 Å². The number of benzene rings is 1. The van der Waals surface area contributed by atoms with E-state index in [-0.39, 0.29) is 11.9 Å². The van der Waals surface area contributed by atoms with E-state index >= 15 is 0 Å². The van der Waals surface area contributed by atoms with Crippen molar-refractivity contribution in [1.82, 2.24) is 0 Å². The van der Waals surface area contributed by atoms with Gasteiger partial charge in [0.15, 0.2) is 0 Å². The molecular formula is C12H18BrFN2. The average Bonchev–Trinajstić information content (AvgIpc) is 2.29. The molecule has 0 bridgehead atoms. The molecule has 90 valence electrons. The standard InChI is InChI=1S/C12H18BrFN2/c1-2-3-4-10(8-15)16-9-5-6-12(14)11(13)7-9/h5-7,10,16H,2-4,8,15H2,1H3. The van der Waals surface area contributed by atoms with E-state index in [0.29, 0.717) is 11.0 Å². The molecule has 0 heterocycles. The van der Waals surface area contributed by atoms with Crippen molar-refractivity contribution in [1.29, 1.82) is 0 Å². The SMILES string of the molecule is CCCCC(CN)Nc1ccc(F)c(Br)c1. The Balaban J connectivity index is 2.59. The molecule has 2 nitrogen and oxygen atoms in total. The van der Waals surface area contributed by atoms with Crippen LogP contribution in [0.5, 0.6) is 0 Å². The van der Waals surface area contributed by atoms with Crippen LogP contribution in [0.25, 0.3) is 0 Å². The maximum absolute atomic E-state index is 13.0. The minimum atomic E-state index is -0.247. The molecule has 0 fully saturated rings. The zero-order chi connectivity index (χ0) is 12.0. The summed E-state index contributed by atoms with van der Waals surface area (Å²) in [5.74, 6) is -0.247. The summed E-state index contributed by atoms with van der Waals surface area (Å²) in [6.07, 6.45) is 3.35. The van der Waals surface area contributed by atoms with Gasteiger partial charge in [-0.15, -0.1) is 0 Å². The third-order valence-electron chi connectivity index (χ3n) is 2.48. The number of hydrogen-bond acceptors (Lipinski definition) is 2. The molecule has 0 aromatic heterocycles. The summed E-state index contributed by atoms with van der Waals surface area (Å²) in [5.41, 5.74) is 6.58. The highest BCUT2D eigenvalue weighted by molar-refractivity contribution is 9.10. The lowest BCUT2D eigenvalue weighted by Gasteiger charge is -2.18. The van der Waals surface area contributed by atoms with Gasteiger partial charge in [-0.25, -0.2) is 4.39 Å². The first-order chi connectivity index (χ1) is 7.67. The highest BCUT2D eigenvalue weighted by atomic mass is 79.9. The van der Waals surface area contributed by atoms with Gasteiger partial charge in [-0.05, 0) is 40.5 Å². The maximum atomic E-state index is 13.0. The van der Waals surface area contributed by atoms with E-state index in [1.165, 1.54) is 6.07 Å². The molecule has 0 radical (unpaired) electrons. The molecule has 4 heteroatoms. The minimum absolute atomic E-state index is 0.247. The quantitative estimate of drug-likeness (QED) is 0.841. The molecule has 0 saturated heterocycles. The van der Waals surface area contributed by atoms with Gasteiger partial charge in [0, 0.05) is 18.3 Å². The largest absolute Gasteiger partial charge is 0.381 e. The van der Waals surface area contributed by atoms with Gasteiger partial charge in [0.2, 0.25) is 0 Å². The third kappa shape index (κ3) is 4.10. The Bertz CT molecular complexity index is 331. The molecule has 0 saturated carbocycles. The molecule has 3 N–H and O–H groups in total. The van der Waals surface area contributed by atoms with E-state index in [0.717, 1.165) is 24.9 Å². The van der Waals surface area contributed by atoms with Gasteiger partial charge in [0.25, 0.3) is 0 Å². The summed E-state index contributed by atoms with van der Waals surface area (Å²) in [6.45, 7) is 2.75. The third-order valence-corrected chi connectivity index (χ3v) is 3.09. The summed E-state index contributed by atoms with van der Waals surface area (Å²) < 4.78 is 13.5. The zero-order valence-electron chi connectivity index (χ0n) is 9.47. The lowest BCUT2D eigenvalue weighted by molar-refractivity contribution is 0.611. The Kier molecular flexibility index (Phi) is 5.77. The fourth-order valence-corrected chi connectivity index (χ4v) is 1.90. The summed E-state index contributed by atoms with van der Waals surface area (Å²) in [4.78, 5) is 0. The van der Waals surface area contributed by atoms with Gasteiger partial charge in [-0.2, -0.15) is 0 Å². The Labute approximate surface area is 105 Å². The Morgan fingerprint density at radius 3 is 2.81 bits per heavy atom. The van der Waals surface area contributed by atoms with E-state index in [1.807, 2.05) is 0 Å². The minimum Gasteiger partial charge on any atom is -0.381 e. The smallest absolute Gasteiger partial charge is 0.137 e. The molecule has 0 aliphatic carbocycles. The molecule has 0 aliphatic rings. The van der Waals surface area contributed by atoms with Crippen LogP contribution in [0.15, 0.2) is 22.7 Å². The lowest BCUT2D eigenvalue weighted by atomic mass is 10.1. The van der Waals surface area contributed by atoms with Crippen LogP contribution in [0.2, 0.25) is 0 Å². The number of rotatable bonds is 6. The van der Waals surface area contributed by atoms with Crippen molar-refractivity contribution in [2.75, 3.05) is 11.9 Å². The van der Waals surface area contributed by atoms with E-state index in [9.17, 15) is 4.39 Å². The first-order valence-electron chi connectivity index (χ1n) is 5.59. The highest BCUT2D eigenvalue weighted by Gasteiger charge is 2.07. The normalized spacial score (nSPS) is 12.5. The number of anilines is 1.